The molecule has 1 aliphatic rings. The van der Waals surface area contributed by atoms with Crippen molar-refractivity contribution in [2.24, 2.45) is 5.73 Å². The van der Waals surface area contributed by atoms with Crippen LogP contribution < -0.4 is 5.73 Å². The van der Waals surface area contributed by atoms with E-state index in [0.717, 1.165) is 32.4 Å². The Kier molecular flexibility index (Phi) is 3.38. The first-order valence-electron chi connectivity index (χ1n) is 5.33. The minimum atomic E-state index is -0.263. The molecule has 2 rings (SSSR count). The van der Waals surface area contributed by atoms with Gasteiger partial charge in [-0.2, -0.15) is 11.3 Å². The highest BCUT2D eigenvalue weighted by Crippen LogP contribution is 2.12. The van der Waals surface area contributed by atoms with E-state index in [1.807, 2.05) is 4.90 Å². The van der Waals surface area contributed by atoms with Crippen molar-refractivity contribution in [1.29, 1.82) is 0 Å². The number of nitrogens with two attached hydrogens (primary N) is 1. The Bertz CT molecular complexity index is 323. The Hall–Kier alpha value is -0.870. The van der Waals surface area contributed by atoms with Crippen molar-refractivity contribution in [1.82, 2.24) is 4.90 Å². The van der Waals surface area contributed by atoms with Gasteiger partial charge in [-0.15, -0.1) is 0 Å². The summed E-state index contributed by atoms with van der Waals surface area (Å²) in [5.41, 5.74) is 7.04. The number of piperidine rings is 1. The van der Waals surface area contributed by atoms with Crippen LogP contribution in [0.2, 0.25) is 0 Å². The van der Waals surface area contributed by atoms with Crippen LogP contribution >= 0.6 is 11.3 Å². The Labute approximate surface area is 93.9 Å². The van der Waals surface area contributed by atoms with Crippen LogP contribution in [0.4, 0.5) is 0 Å². The zero-order valence-electron chi connectivity index (χ0n) is 8.69. The van der Waals surface area contributed by atoms with Crippen LogP contribution in [0.1, 0.15) is 18.4 Å². The number of thiophene rings is 1. The zero-order valence-corrected chi connectivity index (χ0v) is 9.50. The summed E-state index contributed by atoms with van der Waals surface area (Å²) in [6, 6.07) is 1.85. The fraction of sp³-hybridized carbons (Fsp3) is 0.545. The van der Waals surface area contributed by atoms with Crippen LogP contribution in [0.25, 0.3) is 0 Å². The van der Waals surface area contributed by atoms with Crippen LogP contribution in [0.5, 0.6) is 0 Å². The van der Waals surface area contributed by atoms with Crippen molar-refractivity contribution in [3.8, 4) is 0 Å². The largest absolute Gasteiger partial charge is 0.341 e. The maximum Gasteiger partial charge on any atom is 0.239 e. The van der Waals surface area contributed by atoms with Gasteiger partial charge in [0.15, 0.2) is 0 Å². The van der Waals surface area contributed by atoms with E-state index >= 15 is 0 Å². The first-order chi connectivity index (χ1) is 7.27. The molecule has 82 valence electrons. The van der Waals surface area contributed by atoms with Gasteiger partial charge in [-0.25, -0.2) is 0 Å². The molecular formula is C11H16N2OS. The van der Waals surface area contributed by atoms with Gasteiger partial charge in [0.1, 0.15) is 0 Å². The van der Waals surface area contributed by atoms with E-state index in [-0.39, 0.29) is 11.9 Å². The van der Waals surface area contributed by atoms with Crippen LogP contribution in [0.15, 0.2) is 16.8 Å². The molecule has 1 atom stereocenters. The van der Waals surface area contributed by atoms with Crippen LogP contribution in [-0.4, -0.2) is 29.9 Å². The first-order valence-corrected chi connectivity index (χ1v) is 6.27. The second-order valence-electron chi connectivity index (χ2n) is 3.96. The third-order valence-electron chi connectivity index (χ3n) is 2.82. The van der Waals surface area contributed by atoms with E-state index in [2.05, 4.69) is 16.8 Å². The van der Waals surface area contributed by atoms with Gasteiger partial charge in [-0.05, 0) is 41.7 Å². The van der Waals surface area contributed by atoms with Crippen molar-refractivity contribution in [3.63, 3.8) is 0 Å². The molecule has 15 heavy (non-hydrogen) atoms. The maximum atomic E-state index is 11.7. The Morgan fingerprint density at radius 2 is 2.47 bits per heavy atom. The monoisotopic (exact) mass is 224 g/mol. The average Bonchev–Trinajstić information content (AvgIpc) is 2.73. The van der Waals surface area contributed by atoms with E-state index < -0.39 is 0 Å². The fourth-order valence-corrected chi connectivity index (χ4v) is 2.59. The minimum Gasteiger partial charge on any atom is -0.341 e. The molecule has 0 aliphatic carbocycles. The third kappa shape index (κ3) is 2.58. The summed E-state index contributed by atoms with van der Waals surface area (Å²) in [7, 11) is 0. The van der Waals surface area contributed by atoms with Crippen LogP contribution in [0.3, 0.4) is 0 Å². The van der Waals surface area contributed by atoms with Crippen molar-refractivity contribution < 1.29 is 4.79 Å². The minimum absolute atomic E-state index is 0.122. The topological polar surface area (TPSA) is 46.3 Å². The second-order valence-corrected chi connectivity index (χ2v) is 4.74. The summed E-state index contributed by atoms with van der Waals surface area (Å²) in [4.78, 5) is 13.6. The molecule has 2 N–H and O–H groups in total. The summed E-state index contributed by atoms with van der Waals surface area (Å²) in [5, 5.41) is 4.20. The number of carbonyl (C=O) groups excluding carboxylic acids is 1. The fourth-order valence-electron chi connectivity index (χ4n) is 1.89. The van der Waals surface area contributed by atoms with Crippen molar-refractivity contribution >= 4 is 17.2 Å². The predicted octanol–water partition coefficient (Wildman–Crippen LogP) is 1.24. The molecule has 1 aliphatic heterocycles. The number of hydrogen-bond donors (Lipinski definition) is 1. The molecule has 1 aromatic rings. The molecule has 0 aromatic carbocycles. The lowest BCUT2D eigenvalue weighted by Crippen LogP contribution is -2.48. The van der Waals surface area contributed by atoms with E-state index in [1.165, 1.54) is 5.56 Å². The highest BCUT2D eigenvalue weighted by Gasteiger charge is 2.24. The van der Waals surface area contributed by atoms with E-state index in [0.29, 0.717) is 0 Å². The molecule has 3 nitrogen and oxygen atoms in total. The molecule has 0 saturated carbocycles. The predicted molar refractivity (Wildman–Crippen MR) is 61.8 cm³/mol. The molecule has 2 heterocycles. The van der Waals surface area contributed by atoms with Gasteiger partial charge >= 0.3 is 0 Å². The van der Waals surface area contributed by atoms with Gasteiger partial charge in [-0.1, -0.05) is 0 Å². The highest BCUT2D eigenvalue weighted by atomic mass is 32.1. The van der Waals surface area contributed by atoms with Crippen molar-refractivity contribution in [2.75, 3.05) is 13.1 Å². The SMILES string of the molecule is NC1CCCN(CCc2ccsc2)C1=O. The van der Waals surface area contributed by atoms with E-state index in [9.17, 15) is 4.79 Å². The highest BCUT2D eigenvalue weighted by molar-refractivity contribution is 7.07. The Morgan fingerprint density at radius 3 is 3.20 bits per heavy atom. The second kappa shape index (κ2) is 4.77. The summed E-state index contributed by atoms with van der Waals surface area (Å²) >= 11 is 1.70. The molecule has 0 radical (unpaired) electrons. The number of rotatable bonds is 3. The van der Waals surface area contributed by atoms with Gasteiger partial charge in [-0.3, -0.25) is 4.79 Å². The van der Waals surface area contributed by atoms with Crippen molar-refractivity contribution in [3.05, 3.63) is 22.4 Å². The number of carbonyl (C=O) groups is 1. The van der Waals surface area contributed by atoms with Crippen LogP contribution in [0, 0.1) is 0 Å². The normalized spacial score (nSPS) is 22.1. The molecule has 1 saturated heterocycles. The third-order valence-corrected chi connectivity index (χ3v) is 3.55. The lowest BCUT2D eigenvalue weighted by atomic mass is 10.1. The van der Waals surface area contributed by atoms with Gasteiger partial charge in [0.2, 0.25) is 5.91 Å². The average molecular weight is 224 g/mol. The van der Waals surface area contributed by atoms with Crippen molar-refractivity contribution in [2.45, 2.75) is 25.3 Å². The standard InChI is InChI=1S/C11H16N2OS/c12-10-2-1-5-13(11(10)14)6-3-9-4-7-15-8-9/h4,7-8,10H,1-3,5-6,12H2. The molecule has 1 fully saturated rings. The molecule has 1 aromatic heterocycles. The molecule has 1 unspecified atom stereocenters. The molecular weight excluding hydrogens is 208 g/mol. The summed E-state index contributed by atoms with van der Waals surface area (Å²) in [6.45, 7) is 1.68. The molecule has 0 spiro atoms. The van der Waals surface area contributed by atoms with Crippen LogP contribution in [-0.2, 0) is 11.2 Å². The molecule has 0 bridgehead atoms. The van der Waals surface area contributed by atoms with Gasteiger partial charge < -0.3 is 10.6 Å². The number of nitrogens with zero attached hydrogens (tertiary/aromatic N) is 1. The lowest BCUT2D eigenvalue weighted by Gasteiger charge is -2.30. The molecule has 1 amide bonds. The summed E-state index contributed by atoms with van der Waals surface area (Å²) in [6.07, 6.45) is 2.83. The Balaban J connectivity index is 1.86. The van der Waals surface area contributed by atoms with E-state index in [4.69, 9.17) is 5.73 Å². The Morgan fingerprint density at radius 1 is 1.60 bits per heavy atom. The number of likely N-dealkylation sites (tertiary alicyclic amines) is 1. The summed E-state index contributed by atoms with van der Waals surface area (Å²) in [5.74, 6) is 0.122. The lowest BCUT2D eigenvalue weighted by molar-refractivity contribution is -0.134. The summed E-state index contributed by atoms with van der Waals surface area (Å²) < 4.78 is 0. The maximum absolute atomic E-state index is 11.7. The van der Waals surface area contributed by atoms with E-state index in [1.54, 1.807) is 11.3 Å². The first kappa shape index (κ1) is 10.6. The quantitative estimate of drug-likeness (QED) is 0.839. The van der Waals surface area contributed by atoms with Gasteiger partial charge in [0, 0.05) is 13.1 Å². The van der Waals surface area contributed by atoms with Gasteiger partial charge in [0.05, 0.1) is 6.04 Å². The smallest absolute Gasteiger partial charge is 0.239 e. The molecule has 4 heteroatoms. The number of hydrogen-bond acceptors (Lipinski definition) is 3. The number of amides is 1. The van der Waals surface area contributed by atoms with Gasteiger partial charge in [0.25, 0.3) is 0 Å². The zero-order chi connectivity index (χ0) is 10.7.